The Hall–Kier alpha value is -0.810. The van der Waals surface area contributed by atoms with E-state index in [-0.39, 0.29) is 5.82 Å². The number of piperazine rings is 1. The lowest BCUT2D eigenvalue weighted by Gasteiger charge is -2.45. The van der Waals surface area contributed by atoms with Gasteiger partial charge in [0.05, 0.1) is 15.8 Å². The quantitative estimate of drug-likeness (QED) is 0.805. The lowest BCUT2D eigenvalue weighted by atomic mass is 9.99. The van der Waals surface area contributed by atoms with E-state index in [0.717, 1.165) is 25.3 Å². The molecular weight excluding hydrogens is 309 g/mol. The second-order valence-electron chi connectivity index (χ2n) is 5.46. The molecule has 2 aliphatic heterocycles. The first-order valence-corrected chi connectivity index (χ1v) is 7.68. The molecule has 2 heterocycles. The fourth-order valence-electron chi connectivity index (χ4n) is 3.20. The van der Waals surface area contributed by atoms with Gasteiger partial charge in [0.1, 0.15) is 5.82 Å². The number of hydrogen-bond donors (Lipinski definition) is 1. The second kappa shape index (κ2) is 5.29. The van der Waals surface area contributed by atoms with E-state index in [0.29, 0.717) is 16.2 Å². The highest BCUT2D eigenvalue weighted by Crippen LogP contribution is 2.32. The van der Waals surface area contributed by atoms with Crippen molar-refractivity contribution in [2.45, 2.75) is 25.3 Å². The van der Waals surface area contributed by atoms with Crippen molar-refractivity contribution in [3.63, 3.8) is 0 Å². The molecule has 0 amide bonds. The highest BCUT2D eigenvalue weighted by atomic mass is 79.9. The van der Waals surface area contributed by atoms with E-state index in [1.807, 2.05) is 6.07 Å². The fraction of sp³-hybridized carbons (Fsp3) is 0.571. The van der Waals surface area contributed by atoms with Crippen LogP contribution in [0.25, 0.3) is 0 Å². The molecule has 2 N–H and O–H groups in total. The average Bonchev–Trinajstić information content (AvgIpc) is 2.42. The van der Waals surface area contributed by atoms with Gasteiger partial charge in [-0.15, -0.1) is 0 Å². The molecule has 2 aliphatic rings. The number of hydrogen-bond acceptors (Lipinski definition) is 3. The Morgan fingerprint density at radius 1 is 1.21 bits per heavy atom. The summed E-state index contributed by atoms with van der Waals surface area (Å²) in [5.74, 6) is -0.294. The van der Waals surface area contributed by atoms with E-state index in [1.54, 1.807) is 0 Å². The summed E-state index contributed by atoms with van der Waals surface area (Å²) < 4.78 is 13.9. The van der Waals surface area contributed by atoms with Crippen molar-refractivity contribution in [1.29, 1.82) is 0 Å². The lowest BCUT2D eigenvalue weighted by molar-refractivity contribution is 0.133. The summed E-state index contributed by atoms with van der Waals surface area (Å²) in [6.45, 7) is 4.28. The van der Waals surface area contributed by atoms with Crippen LogP contribution in [0.5, 0.6) is 0 Å². The van der Waals surface area contributed by atoms with E-state index < -0.39 is 0 Å². The zero-order chi connectivity index (χ0) is 13.4. The highest BCUT2D eigenvalue weighted by molar-refractivity contribution is 9.10. The molecule has 0 spiro atoms. The number of halogens is 2. The van der Waals surface area contributed by atoms with Gasteiger partial charge in [0.2, 0.25) is 0 Å². The van der Waals surface area contributed by atoms with Crippen LogP contribution in [0.15, 0.2) is 16.6 Å². The van der Waals surface area contributed by atoms with Crippen molar-refractivity contribution in [1.82, 2.24) is 4.90 Å². The molecule has 0 saturated carbocycles. The maximum atomic E-state index is 13.4. The molecule has 5 heteroatoms. The number of nitrogen functional groups attached to an aromatic ring is 1. The Balaban J connectivity index is 1.81. The summed E-state index contributed by atoms with van der Waals surface area (Å²) in [5, 5.41) is 0. The molecule has 0 aromatic heterocycles. The first-order valence-electron chi connectivity index (χ1n) is 6.88. The van der Waals surface area contributed by atoms with E-state index >= 15 is 0 Å². The molecule has 2 fully saturated rings. The number of benzene rings is 1. The average molecular weight is 328 g/mol. The van der Waals surface area contributed by atoms with E-state index in [4.69, 9.17) is 5.73 Å². The molecule has 0 bridgehead atoms. The van der Waals surface area contributed by atoms with Crippen LogP contribution in [0.3, 0.4) is 0 Å². The Morgan fingerprint density at radius 2 is 2.05 bits per heavy atom. The van der Waals surface area contributed by atoms with Crippen LogP contribution in [0, 0.1) is 5.82 Å². The minimum absolute atomic E-state index is 0.294. The van der Waals surface area contributed by atoms with Crippen molar-refractivity contribution in [3.05, 3.63) is 22.4 Å². The lowest BCUT2D eigenvalue weighted by Crippen LogP contribution is -2.55. The normalized spacial score (nSPS) is 24.3. The first-order chi connectivity index (χ1) is 9.15. The van der Waals surface area contributed by atoms with Crippen molar-refractivity contribution in [3.8, 4) is 0 Å². The van der Waals surface area contributed by atoms with E-state index in [9.17, 15) is 4.39 Å². The molecule has 1 unspecified atom stereocenters. The van der Waals surface area contributed by atoms with Crippen molar-refractivity contribution in [2.24, 2.45) is 0 Å². The van der Waals surface area contributed by atoms with Gasteiger partial charge in [-0.3, -0.25) is 4.90 Å². The Labute approximate surface area is 121 Å². The second-order valence-corrected chi connectivity index (χ2v) is 6.31. The summed E-state index contributed by atoms with van der Waals surface area (Å²) >= 11 is 3.25. The van der Waals surface area contributed by atoms with Gasteiger partial charge in [-0.25, -0.2) is 4.39 Å². The summed E-state index contributed by atoms with van der Waals surface area (Å²) in [7, 11) is 0. The van der Waals surface area contributed by atoms with Gasteiger partial charge >= 0.3 is 0 Å². The largest absolute Gasteiger partial charge is 0.397 e. The number of piperidine rings is 1. The van der Waals surface area contributed by atoms with Crippen molar-refractivity contribution in [2.75, 3.05) is 36.8 Å². The Bertz CT molecular complexity index is 480. The third-order valence-corrected chi connectivity index (χ3v) is 4.86. The standard InChI is InChI=1S/C14H19BrFN3/c15-11-7-14(13(17)8-12(11)16)19-6-5-18-4-2-1-3-10(18)9-19/h7-8,10H,1-6,9,17H2. The van der Waals surface area contributed by atoms with Gasteiger partial charge in [-0.2, -0.15) is 0 Å². The Morgan fingerprint density at radius 3 is 2.89 bits per heavy atom. The maximum Gasteiger partial charge on any atom is 0.139 e. The monoisotopic (exact) mass is 327 g/mol. The van der Waals surface area contributed by atoms with E-state index in [1.165, 1.54) is 31.9 Å². The summed E-state index contributed by atoms with van der Waals surface area (Å²) in [6.07, 6.45) is 3.90. The van der Waals surface area contributed by atoms with Gasteiger partial charge in [0.25, 0.3) is 0 Å². The van der Waals surface area contributed by atoms with Crippen LogP contribution < -0.4 is 10.6 Å². The highest BCUT2D eigenvalue weighted by Gasteiger charge is 2.29. The summed E-state index contributed by atoms with van der Waals surface area (Å²) in [6, 6.07) is 3.85. The SMILES string of the molecule is Nc1cc(F)c(Br)cc1N1CCN2CCCCC2C1. The van der Waals surface area contributed by atoms with Crippen LogP contribution in [0.4, 0.5) is 15.8 Å². The van der Waals surface area contributed by atoms with Crippen LogP contribution in [0.2, 0.25) is 0 Å². The number of rotatable bonds is 1. The Kier molecular flexibility index (Phi) is 3.67. The minimum atomic E-state index is -0.294. The fourth-order valence-corrected chi connectivity index (χ4v) is 3.53. The zero-order valence-corrected chi connectivity index (χ0v) is 12.5. The van der Waals surface area contributed by atoms with Gasteiger partial charge in [0.15, 0.2) is 0 Å². The maximum absolute atomic E-state index is 13.4. The van der Waals surface area contributed by atoms with Crippen LogP contribution in [-0.2, 0) is 0 Å². The number of nitrogens with two attached hydrogens (primary N) is 1. The van der Waals surface area contributed by atoms with Crippen molar-refractivity contribution >= 4 is 27.3 Å². The molecule has 19 heavy (non-hydrogen) atoms. The molecular formula is C14H19BrFN3. The number of fused-ring (bicyclic) bond motifs is 1. The summed E-state index contributed by atoms with van der Waals surface area (Å²) in [4.78, 5) is 4.88. The third kappa shape index (κ3) is 2.58. The van der Waals surface area contributed by atoms with Gasteiger partial charge < -0.3 is 10.6 Å². The molecule has 104 valence electrons. The third-order valence-electron chi connectivity index (χ3n) is 4.25. The van der Waals surface area contributed by atoms with Crippen LogP contribution in [0.1, 0.15) is 19.3 Å². The molecule has 3 nitrogen and oxygen atoms in total. The first kappa shape index (κ1) is 13.2. The molecule has 1 atom stereocenters. The van der Waals surface area contributed by atoms with Crippen molar-refractivity contribution < 1.29 is 4.39 Å². The molecule has 0 aliphatic carbocycles. The molecule has 1 aromatic carbocycles. The predicted molar refractivity (Wildman–Crippen MR) is 79.9 cm³/mol. The predicted octanol–water partition coefficient (Wildman–Crippen LogP) is 2.84. The smallest absolute Gasteiger partial charge is 0.139 e. The number of nitrogens with zero attached hydrogens (tertiary/aromatic N) is 2. The van der Waals surface area contributed by atoms with Gasteiger partial charge in [0, 0.05) is 31.7 Å². The van der Waals surface area contributed by atoms with Gasteiger partial charge in [-0.05, 0) is 41.4 Å². The van der Waals surface area contributed by atoms with E-state index in [2.05, 4.69) is 25.7 Å². The van der Waals surface area contributed by atoms with Gasteiger partial charge in [-0.1, -0.05) is 6.42 Å². The van der Waals surface area contributed by atoms with Crippen LogP contribution >= 0.6 is 15.9 Å². The number of anilines is 2. The minimum Gasteiger partial charge on any atom is -0.397 e. The molecule has 2 saturated heterocycles. The molecule has 0 radical (unpaired) electrons. The van der Waals surface area contributed by atoms with Crippen LogP contribution in [-0.4, -0.2) is 37.1 Å². The molecule has 3 rings (SSSR count). The topological polar surface area (TPSA) is 32.5 Å². The summed E-state index contributed by atoms with van der Waals surface area (Å²) in [5.41, 5.74) is 7.46. The zero-order valence-electron chi connectivity index (χ0n) is 10.9. The molecule has 1 aromatic rings.